The predicted octanol–water partition coefficient (Wildman–Crippen LogP) is 2.25. The zero-order chi connectivity index (χ0) is 10.7. The van der Waals surface area contributed by atoms with Gasteiger partial charge in [-0.3, -0.25) is 0 Å². The van der Waals surface area contributed by atoms with Gasteiger partial charge in [0.15, 0.2) is 0 Å². The number of rotatable bonds is 2. The Morgan fingerprint density at radius 3 is 2.07 bits per heavy atom. The van der Waals surface area contributed by atoms with Gasteiger partial charge in [-0.2, -0.15) is 5.10 Å². The lowest BCUT2D eigenvalue weighted by Crippen LogP contribution is -2.07. The Bertz CT molecular complexity index is 339. The smallest absolute Gasteiger partial charge is 0.126 e. The van der Waals surface area contributed by atoms with E-state index in [1.54, 1.807) is 26.0 Å². The van der Waals surface area contributed by atoms with E-state index in [1.807, 2.05) is 0 Å². The van der Waals surface area contributed by atoms with Gasteiger partial charge in [0.05, 0.1) is 5.71 Å². The molecular formula is C10H12F2N2. The molecule has 0 N–H and O–H groups in total. The van der Waals surface area contributed by atoms with Crippen LogP contribution in [0.2, 0.25) is 0 Å². The van der Waals surface area contributed by atoms with Gasteiger partial charge in [0, 0.05) is 25.7 Å². The van der Waals surface area contributed by atoms with Crippen LogP contribution in [0.3, 0.4) is 0 Å². The Labute approximate surface area is 81.8 Å². The minimum absolute atomic E-state index is 0.455. The fourth-order valence-corrected chi connectivity index (χ4v) is 1.12. The van der Waals surface area contributed by atoms with Gasteiger partial charge >= 0.3 is 0 Å². The van der Waals surface area contributed by atoms with E-state index in [-0.39, 0.29) is 0 Å². The van der Waals surface area contributed by atoms with Gasteiger partial charge in [-0.1, -0.05) is 0 Å². The second-order valence-corrected chi connectivity index (χ2v) is 3.19. The van der Waals surface area contributed by atoms with Crippen LogP contribution in [0, 0.1) is 11.6 Å². The molecule has 0 unspecified atom stereocenters. The number of hydrogen-bond donors (Lipinski definition) is 0. The number of nitrogens with zero attached hydrogens (tertiary/aromatic N) is 2. The van der Waals surface area contributed by atoms with Crippen LogP contribution in [0.1, 0.15) is 12.5 Å². The normalized spacial score (nSPS) is 11.6. The lowest BCUT2D eigenvalue weighted by atomic mass is 10.1. The molecule has 0 aliphatic heterocycles. The van der Waals surface area contributed by atoms with Crippen molar-refractivity contribution in [2.45, 2.75) is 6.92 Å². The molecule has 14 heavy (non-hydrogen) atoms. The third-order valence-electron chi connectivity index (χ3n) is 1.63. The SMILES string of the molecule is C/C(=N\N(C)C)c1cc(F)cc(F)c1. The maximum Gasteiger partial charge on any atom is 0.126 e. The molecule has 0 fully saturated rings. The van der Waals surface area contributed by atoms with Crippen molar-refractivity contribution >= 4 is 5.71 Å². The Balaban J connectivity index is 3.07. The molecule has 1 aromatic carbocycles. The first-order chi connectivity index (χ1) is 6.49. The first kappa shape index (κ1) is 10.6. The number of hydrogen-bond acceptors (Lipinski definition) is 2. The molecule has 0 heterocycles. The van der Waals surface area contributed by atoms with E-state index < -0.39 is 11.6 Å². The predicted molar refractivity (Wildman–Crippen MR) is 52.3 cm³/mol. The van der Waals surface area contributed by atoms with Crippen LogP contribution >= 0.6 is 0 Å². The molecule has 0 aromatic heterocycles. The molecule has 0 saturated heterocycles. The zero-order valence-corrected chi connectivity index (χ0v) is 8.38. The molecule has 0 saturated carbocycles. The Morgan fingerprint density at radius 2 is 1.64 bits per heavy atom. The molecular weight excluding hydrogens is 186 g/mol. The number of hydrazone groups is 1. The summed E-state index contributed by atoms with van der Waals surface area (Å²) in [5, 5.41) is 5.63. The van der Waals surface area contributed by atoms with Crippen LogP contribution in [-0.2, 0) is 0 Å². The summed E-state index contributed by atoms with van der Waals surface area (Å²) in [4.78, 5) is 0. The van der Waals surface area contributed by atoms with Crippen molar-refractivity contribution in [1.82, 2.24) is 5.01 Å². The third kappa shape index (κ3) is 2.80. The summed E-state index contributed by atoms with van der Waals surface area (Å²) in [7, 11) is 3.50. The summed E-state index contributed by atoms with van der Waals surface area (Å²) in [5.41, 5.74) is 1.03. The number of benzene rings is 1. The van der Waals surface area contributed by atoms with E-state index in [0.717, 1.165) is 6.07 Å². The van der Waals surface area contributed by atoms with Crippen molar-refractivity contribution in [3.63, 3.8) is 0 Å². The molecule has 0 radical (unpaired) electrons. The Hall–Kier alpha value is -1.45. The molecule has 1 rings (SSSR count). The van der Waals surface area contributed by atoms with Gasteiger partial charge in [0.1, 0.15) is 11.6 Å². The van der Waals surface area contributed by atoms with Crippen molar-refractivity contribution in [3.8, 4) is 0 Å². The second kappa shape index (κ2) is 4.17. The summed E-state index contributed by atoms with van der Waals surface area (Å²) in [6.07, 6.45) is 0. The topological polar surface area (TPSA) is 15.6 Å². The molecule has 0 spiro atoms. The van der Waals surface area contributed by atoms with E-state index in [9.17, 15) is 8.78 Å². The summed E-state index contributed by atoms with van der Waals surface area (Å²) in [5.74, 6) is -1.18. The van der Waals surface area contributed by atoms with Gasteiger partial charge in [0.2, 0.25) is 0 Å². The zero-order valence-electron chi connectivity index (χ0n) is 8.38. The van der Waals surface area contributed by atoms with Crippen LogP contribution in [0.25, 0.3) is 0 Å². The van der Waals surface area contributed by atoms with E-state index in [4.69, 9.17) is 0 Å². The summed E-state index contributed by atoms with van der Waals surface area (Å²) < 4.78 is 25.6. The van der Waals surface area contributed by atoms with Gasteiger partial charge in [-0.15, -0.1) is 0 Å². The maximum atomic E-state index is 12.8. The minimum atomic E-state index is -0.590. The van der Waals surface area contributed by atoms with Crippen molar-refractivity contribution in [1.29, 1.82) is 0 Å². The molecule has 0 amide bonds. The summed E-state index contributed by atoms with van der Waals surface area (Å²) >= 11 is 0. The van der Waals surface area contributed by atoms with Gasteiger partial charge in [-0.05, 0) is 19.1 Å². The van der Waals surface area contributed by atoms with Crippen molar-refractivity contribution < 1.29 is 8.78 Å². The summed E-state index contributed by atoms with van der Waals surface area (Å²) in [6, 6.07) is 3.35. The van der Waals surface area contributed by atoms with Crippen molar-refractivity contribution in [2.24, 2.45) is 5.10 Å². The fraction of sp³-hybridized carbons (Fsp3) is 0.300. The van der Waals surface area contributed by atoms with Gasteiger partial charge in [-0.25, -0.2) is 8.78 Å². The lowest BCUT2D eigenvalue weighted by Gasteiger charge is -2.07. The van der Waals surface area contributed by atoms with Gasteiger partial charge in [0.25, 0.3) is 0 Å². The molecule has 2 nitrogen and oxygen atoms in total. The molecule has 0 aliphatic carbocycles. The van der Waals surface area contributed by atoms with Crippen LogP contribution in [-0.4, -0.2) is 24.8 Å². The van der Waals surface area contributed by atoms with Crippen LogP contribution in [0.4, 0.5) is 8.78 Å². The molecule has 0 bridgehead atoms. The summed E-state index contributed by atoms with van der Waals surface area (Å²) in [6.45, 7) is 1.70. The molecule has 1 aromatic rings. The van der Waals surface area contributed by atoms with E-state index in [1.165, 1.54) is 12.1 Å². The van der Waals surface area contributed by atoms with Crippen molar-refractivity contribution in [3.05, 3.63) is 35.4 Å². The minimum Gasteiger partial charge on any atom is -0.303 e. The molecule has 76 valence electrons. The van der Waals surface area contributed by atoms with Crippen LogP contribution < -0.4 is 0 Å². The van der Waals surface area contributed by atoms with Crippen molar-refractivity contribution in [2.75, 3.05) is 14.1 Å². The standard InChI is InChI=1S/C10H12F2N2/c1-7(13-14(2)3)8-4-9(11)6-10(12)5-8/h4-6H,1-3H3/b13-7+. The molecule has 4 heteroatoms. The van der Waals surface area contributed by atoms with E-state index in [0.29, 0.717) is 11.3 Å². The average molecular weight is 198 g/mol. The lowest BCUT2D eigenvalue weighted by molar-refractivity contribution is 0.437. The van der Waals surface area contributed by atoms with E-state index >= 15 is 0 Å². The second-order valence-electron chi connectivity index (χ2n) is 3.19. The highest BCUT2D eigenvalue weighted by molar-refractivity contribution is 5.98. The number of halogens is 2. The first-order valence-corrected chi connectivity index (χ1v) is 4.18. The fourth-order valence-electron chi connectivity index (χ4n) is 1.12. The average Bonchev–Trinajstić information content (AvgIpc) is 2.00. The van der Waals surface area contributed by atoms with E-state index in [2.05, 4.69) is 5.10 Å². The molecule has 0 aliphatic rings. The molecule has 0 atom stereocenters. The maximum absolute atomic E-state index is 12.8. The highest BCUT2D eigenvalue weighted by Gasteiger charge is 2.03. The Kier molecular flexibility index (Phi) is 3.17. The van der Waals surface area contributed by atoms with Crippen LogP contribution in [0.15, 0.2) is 23.3 Å². The Morgan fingerprint density at radius 1 is 1.14 bits per heavy atom. The monoisotopic (exact) mass is 198 g/mol. The third-order valence-corrected chi connectivity index (χ3v) is 1.63. The van der Waals surface area contributed by atoms with Crippen LogP contribution in [0.5, 0.6) is 0 Å². The first-order valence-electron chi connectivity index (χ1n) is 4.18. The van der Waals surface area contributed by atoms with Gasteiger partial charge < -0.3 is 5.01 Å². The quantitative estimate of drug-likeness (QED) is 0.525. The highest BCUT2D eigenvalue weighted by atomic mass is 19.1. The largest absolute Gasteiger partial charge is 0.303 e. The highest BCUT2D eigenvalue weighted by Crippen LogP contribution is 2.09.